The lowest BCUT2D eigenvalue weighted by atomic mass is 9.76. The van der Waals surface area contributed by atoms with E-state index in [1.807, 2.05) is 74.5 Å². The minimum atomic E-state index is -3.74. The zero-order valence-corrected chi connectivity index (χ0v) is 50.7. The molecule has 4 aliphatic rings. The van der Waals surface area contributed by atoms with Crippen LogP contribution in [0.2, 0.25) is 0 Å². The summed E-state index contributed by atoms with van der Waals surface area (Å²) in [5, 5.41) is 12.3. The van der Waals surface area contributed by atoms with Gasteiger partial charge in [0, 0.05) is 92.8 Å². The molecule has 7 rings (SSSR count). The number of likely N-dealkylation sites (N-methyl/N-ethyl adjacent to an activating group) is 1. The number of amides is 5. The summed E-state index contributed by atoms with van der Waals surface area (Å²) in [6.45, 7) is 6.14. The summed E-state index contributed by atoms with van der Waals surface area (Å²) in [5.74, 6) is -2.66. The number of hydrogen-bond donors (Lipinski definition) is 4. The molecule has 2 heterocycles. The van der Waals surface area contributed by atoms with Crippen LogP contribution in [0, 0.1) is 23.7 Å². The van der Waals surface area contributed by atoms with Crippen LogP contribution in [0.1, 0.15) is 143 Å². The fourth-order valence-corrected chi connectivity index (χ4v) is 14.3. The zero-order valence-electron chi connectivity index (χ0n) is 49.1. The highest BCUT2D eigenvalue weighted by Crippen LogP contribution is 2.36. The van der Waals surface area contributed by atoms with Crippen LogP contribution in [0.5, 0.6) is 0 Å². The molecule has 18 nitrogen and oxygen atoms in total. The summed E-state index contributed by atoms with van der Waals surface area (Å²) in [4.78, 5) is 88.7. The first-order valence-electron chi connectivity index (χ1n) is 29.9. The molecule has 0 spiro atoms. The van der Waals surface area contributed by atoms with E-state index >= 15 is 4.79 Å². The van der Waals surface area contributed by atoms with Gasteiger partial charge in [-0.15, -0.1) is 0 Å². The molecule has 5 amide bonds. The first kappa shape index (κ1) is 64.0. The van der Waals surface area contributed by atoms with Crippen LogP contribution >= 0.6 is 0 Å². The summed E-state index contributed by atoms with van der Waals surface area (Å²) in [5.41, 5.74) is 2.44. The van der Waals surface area contributed by atoms with E-state index in [0.717, 1.165) is 81.6 Å². The third-order valence-electron chi connectivity index (χ3n) is 17.8. The SMILES string of the molecule is CC[C@@H](C)C(=O)N[C@H](C(=O)N1C[C@@H](NC(=O)c2ccc(C(=O)N[C@H]3C[C@@H](CN(CCc4ccccc4)S(C)(=O)=O)N(C(=O)[C@@H](CC(=O)[C@H](C)NC)C4CCCCC4)C3)cc2)C[C@H]1CN(CCc1ccccc1)S(C)(=O)=O)C1CCCCC1. The molecule has 0 unspecified atom stereocenters. The Bertz CT molecular complexity index is 2660. The van der Waals surface area contributed by atoms with Crippen LogP contribution in [-0.4, -0.2) is 166 Å². The number of carbonyl (C=O) groups excluding carboxylic acids is 6. The number of benzene rings is 3. The van der Waals surface area contributed by atoms with E-state index in [1.165, 1.54) is 14.9 Å². The monoisotopic (exact) mass is 1170 g/mol. The Morgan fingerprint density at radius 1 is 0.598 bits per heavy atom. The predicted molar refractivity (Wildman–Crippen MR) is 318 cm³/mol. The molecule has 4 N–H and O–H groups in total. The van der Waals surface area contributed by atoms with E-state index < -0.39 is 74.0 Å². The highest BCUT2D eigenvalue weighted by Gasteiger charge is 2.45. The van der Waals surface area contributed by atoms with Gasteiger partial charge in [0.15, 0.2) is 0 Å². The Morgan fingerprint density at radius 3 is 1.44 bits per heavy atom. The number of hydrogen-bond acceptors (Lipinski definition) is 11. The van der Waals surface area contributed by atoms with E-state index in [-0.39, 0.29) is 111 Å². The molecular weight excluding hydrogens is 1080 g/mol. The molecule has 2 aliphatic carbocycles. The summed E-state index contributed by atoms with van der Waals surface area (Å²) in [6, 6.07) is 21.7. The molecule has 2 saturated heterocycles. The van der Waals surface area contributed by atoms with Gasteiger partial charge in [-0.05, 0) is 119 Å². The Labute approximate surface area is 487 Å². The number of rotatable bonds is 27. The number of nitrogens with zero attached hydrogens (tertiary/aromatic N) is 4. The lowest BCUT2D eigenvalue weighted by Gasteiger charge is -2.36. The quantitative estimate of drug-likeness (QED) is 0.0695. The van der Waals surface area contributed by atoms with Crippen LogP contribution in [0.25, 0.3) is 0 Å². The van der Waals surface area contributed by atoms with Gasteiger partial charge < -0.3 is 31.1 Å². The van der Waals surface area contributed by atoms with Crippen molar-refractivity contribution in [3.8, 4) is 0 Å². The van der Waals surface area contributed by atoms with E-state index in [0.29, 0.717) is 19.3 Å². The molecule has 0 aromatic heterocycles. The molecule has 3 aromatic rings. The highest BCUT2D eigenvalue weighted by molar-refractivity contribution is 7.88. The van der Waals surface area contributed by atoms with Crippen molar-refractivity contribution >= 4 is 55.4 Å². The first-order chi connectivity index (χ1) is 39.1. The van der Waals surface area contributed by atoms with Crippen LogP contribution < -0.4 is 21.3 Å². The second kappa shape index (κ2) is 29.8. The largest absolute Gasteiger partial charge is 0.347 e. The molecule has 20 heteroatoms. The first-order valence-corrected chi connectivity index (χ1v) is 33.6. The lowest BCUT2D eigenvalue weighted by Crippen LogP contribution is -2.56. The van der Waals surface area contributed by atoms with Gasteiger partial charge in [-0.2, -0.15) is 8.61 Å². The number of sulfonamides is 2. The Kier molecular flexibility index (Phi) is 23.3. The van der Waals surface area contributed by atoms with E-state index in [1.54, 1.807) is 48.0 Å². The lowest BCUT2D eigenvalue weighted by molar-refractivity contribution is -0.141. The van der Waals surface area contributed by atoms with E-state index in [2.05, 4.69) is 21.3 Å². The minimum absolute atomic E-state index is 0.00110. The standard InChI is InChI=1S/C62H90N8O10S2/c1-7-43(2)58(72)66-57(48-26-18-11-19-27-48)62(76)70-40-52(37-54(70)42-68(82(6,79)80)35-33-46-22-14-9-15-23-46)65-60(74)50-30-28-49(29-31-50)59(73)64-51-36-53(41-67(81(5,77)78)34-32-45-20-12-8-13-21-45)69(39-51)61(75)55(38-56(71)44(3)63-4)47-24-16-10-17-25-47/h8-9,12-15,20-23,28-31,43-44,47-48,51-55,57,63H,7,10-11,16-19,24-27,32-42H2,1-6H3,(H,64,73)(H,65,74)(H,66,72)/t43-,44+,51+,52+,53+,54+,55+,57+/m1/s1. The van der Waals surface area contributed by atoms with Crippen molar-refractivity contribution < 1.29 is 45.6 Å². The van der Waals surface area contributed by atoms with Gasteiger partial charge in [-0.3, -0.25) is 28.8 Å². The molecule has 82 heavy (non-hydrogen) atoms. The fourth-order valence-electron chi connectivity index (χ4n) is 12.6. The summed E-state index contributed by atoms with van der Waals surface area (Å²) in [7, 11) is -5.77. The highest BCUT2D eigenvalue weighted by atomic mass is 32.2. The molecule has 0 bridgehead atoms. The topological polar surface area (TPSA) is 232 Å². The van der Waals surface area contributed by atoms with E-state index in [4.69, 9.17) is 0 Å². The van der Waals surface area contributed by atoms with Crippen molar-refractivity contribution in [2.24, 2.45) is 23.7 Å². The van der Waals surface area contributed by atoms with Gasteiger partial charge in [0.2, 0.25) is 37.8 Å². The van der Waals surface area contributed by atoms with Crippen LogP contribution in [0.3, 0.4) is 0 Å². The normalized spacial score (nSPS) is 21.7. The van der Waals surface area contributed by atoms with Crippen molar-refractivity contribution in [3.63, 3.8) is 0 Å². The number of likely N-dealkylation sites (tertiary alicyclic amines) is 2. The van der Waals surface area contributed by atoms with Crippen molar-refractivity contribution in [2.45, 2.75) is 160 Å². The summed E-state index contributed by atoms with van der Waals surface area (Å²) >= 11 is 0. The maximum absolute atomic E-state index is 15.0. The average molecular weight is 1170 g/mol. The third-order valence-corrected chi connectivity index (χ3v) is 20.4. The van der Waals surface area contributed by atoms with Crippen LogP contribution in [-0.2, 0) is 52.1 Å². The fraction of sp³-hybridized carbons (Fsp3) is 0.613. The van der Waals surface area contributed by atoms with Gasteiger partial charge >= 0.3 is 0 Å². The van der Waals surface area contributed by atoms with Gasteiger partial charge in [0.05, 0.1) is 18.6 Å². The van der Waals surface area contributed by atoms with Gasteiger partial charge in [-0.1, -0.05) is 113 Å². The maximum atomic E-state index is 15.0. The summed E-state index contributed by atoms with van der Waals surface area (Å²) < 4.78 is 56.5. The average Bonchev–Trinajstić information content (AvgIpc) is 4.22. The molecule has 4 fully saturated rings. The number of carbonyl (C=O) groups is 6. The smallest absolute Gasteiger partial charge is 0.251 e. The van der Waals surface area contributed by atoms with Gasteiger partial charge in [-0.25, -0.2) is 16.8 Å². The molecule has 2 saturated carbocycles. The predicted octanol–water partition coefficient (Wildman–Crippen LogP) is 5.97. The maximum Gasteiger partial charge on any atom is 0.251 e. The second-order valence-corrected chi connectivity index (χ2v) is 27.7. The molecular formula is C62H90N8O10S2. The van der Waals surface area contributed by atoms with Crippen molar-refractivity contribution in [3.05, 3.63) is 107 Å². The Balaban J connectivity index is 1.08. The molecule has 0 radical (unpaired) electrons. The van der Waals surface area contributed by atoms with Crippen molar-refractivity contribution in [1.29, 1.82) is 0 Å². The number of nitrogens with one attached hydrogen (secondary N) is 4. The van der Waals surface area contributed by atoms with Gasteiger partial charge in [0.1, 0.15) is 11.8 Å². The Hall–Kier alpha value is -5.54. The third kappa shape index (κ3) is 17.7. The molecule has 3 aromatic carbocycles. The van der Waals surface area contributed by atoms with Crippen molar-refractivity contribution in [2.75, 3.05) is 58.8 Å². The number of ketones is 1. The van der Waals surface area contributed by atoms with Crippen LogP contribution in [0.15, 0.2) is 84.9 Å². The minimum Gasteiger partial charge on any atom is -0.347 e. The van der Waals surface area contributed by atoms with Crippen molar-refractivity contribution in [1.82, 2.24) is 39.7 Å². The number of Topliss-reactive ketones (excluding diaryl/α,β-unsaturated/α-hetero) is 1. The molecule has 8 atom stereocenters. The van der Waals surface area contributed by atoms with Gasteiger partial charge in [0.25, 0.3) is 11.8 Å². The summed E-state index contributed by atoms with van der Waals surface area (Å²) in [6.07, 6.45) is 13.5. The second-order valence-electron chi connectivity index (χ2n) is 23.8. The van der Waals surface area contributed by atoms with E-state index in [9.17, 15) is 40.8 Å². The molecule has 2 aliphatic heterocycles. The Morgan fingerprint density at radius 2 is 1.02 bits per heavy atom. The zero-order chi connectivity index (χ0) is 59.1. The van der Waals surface area contributed by atoms with Crippen LogP contribution in [0.4, 0.5) is 0 Å². The molecule has 450 valence electrons.